The van der Waals surface area contributed by atoms with Crippen LogP contribution in [0.3, 0.4) is 0 Å². The summed E-state index contributed by atoms with van der Waals surface area (Å²) in [6.45, 7) is 19.5. The van der Waals surface area contributed by atoms with Crippen LogP contribution in [0.1, 0.15) is 91.9 Å². The van der Waals surface area contributed by atoms with E-state index in [9.17, 15) is 0 Å². The smallest absolute Gasteiger partial charge is 0.386 e. The van der Waals surface area contributed by atoms with Crippen LogP contribution in [0.4, 0.5) is 0 Å². The standard InChI is InChI=1S/C9H15O3Si.3C5H11.Pt/c1-8-6-5-7-9(8)13(10-2,11-3)12-4;3*1-3-5-4-2;/h7H,5H2,1-4H3;3*1,3-5H2,2H3;/q4*-1;+4. The first-order valence-electron chi connectivity index (χ1n) is 10.8. The Kier molecular flexibility index (Phi) is 35.7. The number of rotatable bonds is 10. The Labute approximate surface area is 199 Å². The van der Waals surface area contributed by atoms with Gasteiger partial charge in [-0.15, -0.1) is 11.6 Å². The maximum absolute atomic E-state index is 5.36. The van der Waals surface area contributed by atoms with Gasteiger partial charge in [-0.3, -0.25) is 6.08 Å². The van der Waals surface area contributed by atoms with E-state index in [0.717, 1.165) is 36.5 Å². The molecule has 0 spiro atoms. The van der Waals surface area contributed by atoms with E-state index in [4.69, 9.17) is 13.3 Å². The summed E-state index contributed by atoms with van der Waals surface area (Å²) >= 11 is 0. The van der Waals surface area contributed by atoms with E-state index in [1.165, 1.54) is 38.5 Å². The fourth-order valence-electron chi connectivity index (χ4n) is 2.24. The van der Waals surface area contributed by atoms with Gasteiger partial charge in [-0.25, -0.2) is 5.57 Å². The van der Waals surface area contributed by atoms with Gasteiger partial charge in [-0.05, 0) is 0 Å². The normalized spacial score (nSPS) is 12.1. The van der Waals surface area contributed by atoms with Gasteiger partial charge in [0.1, 0.15) is 0 Å². The first-order valence-corrected chi connectivity index (χ1v) is 12.5. The maximum atomic E-state index is 5.36. The van der Waals surface area contributed by atoms with Crippen LogP contribution in [0.5, 0.6) is 0 Å². The summed E-state index contributed by atoms with van der Waals surface area (Å²) in [7, 11) is 2.26. The first kappa shape index (κ1) is 36.6. The minimum atomic E-state index is -2.59. The van der Waals surface area contributed by atoms with Crippen molar-refractivity contribution in [2.75, 3.05) is 21.3 Å². The molecule has 5 heteroatoms. The average molecular weight is 608 g/mol. The quantitative estimate of drug-likeness (QED) is 0.190. The van der Waals surface area contributed by atoms with Crippen LogP contribution in [0.25, 0.3) is 0 Å². The van der Waals surface area contributed by atoms with E-state index in [1.54, 1.807) is 21.3 Å². The molecule has 0 unspecified atom stereocenters. The predicted molar refractivity (Wildman–Crippen MR) is 127 cm³/mol. The van der Waals surface area contributed by atoms with Gasteiger partial charge in [0.15, 0.2) is 0 Å². The van der Waals surface area contributed by atoms with E-state index < -0.39 is 8.80 Å². The van der Waals surface area contributed by atoms with Crippen molar-refractivity contribution >= 4 is 8.80 Å². The van der Waals surface area contributed by atoms with Crippen molar-refractivity contribution in [2.24, 2.45) is 0 Å². The van der Waals surface area contributed by atoms with Gasteiger partial charge in [0.05, 0.1) is 0 Å². The van der Waals surface area contributed by atoms with Crippen molar-refractivity contribution in [2.45, 2.75) is 91.9 Å². The Morgan fingerprint density at radius 3 is 1.31 bits per heavy atom. The van der Waals surface area contributed by atoms with Gasteiger partial charge < -0.3 is 34.0 Å². The second-order valence-corrected chi connectivity index (χ2v) is 9.29. The molecule has 0 atom stereocenters. The minimum absolute atomic E-state index is 0. The Bertz CT molecular complexity index is 339. The number of allylic oxidation sites excluding steroid dienone is 4. The zero-order valence-electron chi connectivity index (χ0n) is 20.3. The molecule has 0 bridgehead atoms. The predicted octanol–water partition coefficient (Wildman–Crippen LogP) is 7.51. The summed E-state index contributed by atoms with van der Waals surface area (Å²) < 4.78 is 16.1. The molecule has 1 aliphatic carbocycles. The van der Waals surface area contributed by atoms with Crippen molar-refractivity contribution < 1.29 is 34.3 Å². The second-order valence-electron chi connectivity index (χ2n) is 6.41. The summed E-state index contributed by atoms with van der Waals surface area (Å²) in [5, 5.41) is 1.04. The van der Waals surface area contributed by atoms with Crippen molar-refractivity contribution in [1.29, 1.82) is 0 Å². The summed E-state index contributed by atoms with van der Waals surface area (Å²) in [5.41, 5.74) is 1.08. The maximum Gasteiger partial charge on any atom is 4.00 e. The van der Waals surface area contributed by atoms with Crippen LogP contribution in [0.15, 0.2) is 16.8 Å². The third-order valence-corrected chi connectivity index (χ3v) is 6.88. The fourth-order valence-corrected chi connectivity index (χ4v) is 4.30. The van der Waals surface area contributed by atoms with Crippen LogP contribution < -0.4 is 0 Å². The van der Waals surface area contributed by atoms with Crippen LogP contribution in [-0.4, -0.2) is 30.1 Å². The molecular formula is C24H48O3PtSi. The molecule has 0 saturated carbocycles. The number of hydrogen-bond donors (Lipinski definition) is 0. The molecule has 1 rings (SSSR count). The van der Waals surface area contributed by atoms with Gasteiger partial charge in [0.2, 0.25) is 0 Å². The van der Waals surface area contributed by atoms with Crippen molar-refractivity contribution in [3.8, 4) is 0 Å². The largest absolute Gasteiger partial charge is 4.00 e. The number of hydrogen-bond acceptors (Lipinski definition) is 3. The Balaban J connectivity index is -0.000000164. The Morgan fingerprint density at radius 2 is 1.17 bits per heavy atom. The Hall–Kier alpha value is 0.265. The molecule has 0 N–H and O–H groups in total. The molecule has 0 aromatic heterocycles. The zero-order chi connectivity index (χ0) is 22.3. The summed E-state index contributed by atoms with van der Waals surface area (Å²) in [4.78, 5) is 0. The van der Waals surface area contributed by atoms with E-state index in [2.05, 4.69) is 53.7 Å². The van der Waals surface area contributed by atoms with Crippen LogP contribution >= 0.6 is 0 Å². The zero-order valence-corrected chi connectivity index (χ0v) is 23.6. The van der Waals surface area contributed by atoms with Gasteiger partial charge in [0, 0.05) is 21.3 Å². The SMILES string of the molecule is CO[Si](OC)(OC)C1=CC[C-]=C1C.[CH2-]CCCC.[CH2-]CCCC.[CH2-]CCCC.[Pt+4]. The molecule has 0 saturated heterocycles. The van der Waals surface area contributed by atoms with Crippen LogP contribution in [-0.2, 0) is 34.3 Å². The van der Waals surface area contributed by atoms with E-state index in [1.807, 2.05) is 6.92 Å². The topological polar surface area (TPSA) is 27.7 Å². The minimum Gasteiger partial charge on any atom is -0.386 e. The molecule has 0 heterocycles. The molecule has 0 aromatic carbocycles. The van der Waals surface area contributed by atoms with Crippen molar-refractivity contribution in [3.63, 3.8) is 0 Å². The Morgan fingerprint density at radius 1 is 0.828 bits per heavy atom. The monoisotopic (exact) mass is 607 g/mol. The van der Waals surface area contributed by atoms with E-state index >= 15 is 0 Å². The molecule has 0 amide bonds. The van der Waals surface area contributed by atoms with Gasteiger partial charge in [0.25, 0.3) is 0 Å². The van der Waals surface area contributed by atoms with Gasteiger partial charge >= 0.3 is 29.9 Å². The van der Waals surface area contributed by atoms with Crippen molar-refractivity contribution in [3.05, 3.63) is 43.7 Å². The third-order valence-electron chi connectivity index (χ3n) is 4.02. The molecule has 0 fully saturated rings. The molecule has 3 nitrogen and oxygen atoms in total. The van der Waals surface area contributed by atoms with Gasteiger partial charge in [-0.2, -0.15) is 25.3 Å². The summed E-state index contributed by atoms with van der Waals surface area (Å²) in [6.07, 6.45) is 17.0. The molecule has 29 heavy (non-hydrogen) atoms. The summed E-state index contributed by atoms with van der Waals surface area (Å²) in [6, 6.07) is 0. The first-order chi connectivity index (χ1) is 13.4. The third kappa shape index (κ3) is 19.9. The second kappa shape index (κ2) is 28.3. The van der Waals surface area contributed by atoms with Crippen molar-refractivity contribution in [1.82, 2.24) is 0 Å². The molecule has 0 radical (unpaired) electrons. The van der Waals surface area contributed by atoms with E-state index in [0.29, 0.717) is 0 Å². The van der Waals surface area contributed by atoms with E-state index in [-0.39, 0.29) is 21.1 Å². The number of unbranched alkanes of at least 4 members (excludes halogenated alkanes) is 6. The fraction of sp³-hybridized carbons (Fsp3) is 0.708. The summed E-state index contributed by atoms with van der Waals surface area (Å²) in [5.74, 6) is 0. The molecule has 176 valence electrons. The molecular weight excluding hydrogens is 559 g/mol. The van der Waals surface area contributed by atoms with Crippen LogP contribution in [0, 0.1) is 26.8 Å². The molecule has 1 aliphatic rings. The average Bonchev–Trinajstić information content (AvgIpc) is 3.14. The van der Waals surface area contributed by atoms with Crippen LogP contribution in [0.2, 0.25) is 0 Å². The molecule has 0 aliphatic heterocycles. The molecule has 0 aromatic rings. The van der Waals surface area contributed by atoms with Gasteiger partial charge in [-0.1, -0.05) is 66.2 Å².